The minimum absolute atomic E-state index is 0.330. The molecule has 10 heteroatoms. The molecule has 4 atom stereocenters. The summed E-state index contributed by atoms with van der Waals surface area (Å²) in [5.74, 6) is -0.330. The maximum absolute atomic E-state index is 11.7. The number of aromatic amines is 1. The minimum atomic E-state index is -1.50. The fraction of sp³-hybridized carbons (Fsp3) is 0.556. The highest BCUT2D eigenvalue weighted by molar-refractivity contribution is 5.25. The number of H-pyrrole nitrogens is 1. The molecule has 0 unspecified atom stereocenters. The number of nitrogens with zero attached hydrogens (tertiary/aromatic N) is 2. The standard InChI is InChI=1S/C9H12N4O6/c10-12-4-1-5(15)11-9(18)13(4)8-7(17)6(16)3(2-14)19-8/h1,3,6-8,10,14,16-17H,2H2,(H,11,15,18)/t3-,6-,7-,8-/m1/s1. The zero-order chi connectivity index (χ0) is 14.2. The Labute approximate surface area is 105 Å². The third-order valence-corrected chi connectivity index (χ3v) is 2.84. The molecule has 2 heterocycles. The molecule has 1 aromatic heterocycles. The Bertz CT molecular complexity index is 595. The second-order valence-corrected chi connectivity index (χ2v) is 4.01. The maximum Gasteiger partial charge on any atom is 0.332 e. The first-order valence-corrected chi connectivity index (χ1v) is 5.35. The Morgan fingerprint density at radius 1 is 1.42 bits per heavy atom. The minimum Gasteiger partial charge on any atom is -0.394 e. The number of rotatable bonds is 3. The Balaban J connectivity index is 2.51. The van der Waals surface area contributed by atoms with E-state index in [-0.39, 0.29) is 5.82 Å². The molecule has 0 aromatic carbocycles. The molecule has 1 aliphatic rings. The van der Waals surface area contributed by atoms with E-state index < -0.39 is 42.4 Å². The molecule has 1 aromatic rings. The van der Waals surface area contributed by atoms with Gasteiger partial charge in [0.15, 0.2) is 12.0 Å². The Morgan fingerprint density at radius 3 is 2.63 bits per heavy atom. The summed E-state index contributed by atoms with van der Waals surface area (Å²) in [6.45, 7) is -0.555. The van der Waals surface area contributed by atoms with E-state index in [2.05, 4.69) is 5.11 Å². The number of nitrogens with one attached hydrogen (secondary N) is 2. The van der Waals surface area contributed by atoms with Gasteiger partial charge in [0.05, 0.1) is 6.61 Å². The van der Waals surface area contributed by atoms with Crippen molar-refractivity contribution in [1.82, 2.24) is 9.55 Å². The third-order valence-electron chi connectivity index (χ3n) is 2.84. The lowest BCUT2D eigenvalue weighted by atomic mass is 10.1. The summed E-state index contributed by atoms with van der Waals surface area (Å²) in [6, 6.07) is 0.878. The molecular formula is C9H12N4O6. The van der Waals surface area contributed by atoms with Crippen LogP contribution < -0.4 is 11.2 Å². The molecule has 0 aliphatic carbocycles. The Morgan fingerprint density at radius 2 is 2.11 bits per heavy atom. The average Bonchev–Trinajstić information content (AvgIpc) is 2.65. The van der Waals surface area contributed by atoms with Gasteiger partial charge < -0.3 is 20.1 Å². The van der Waals surface area contributed by atoms with Crippen molar-refractivity contribution in [3.63, 3.8) is 0 Å². The predicted molar refractivity (Wildman–Crippen MR) is 59.1 cm³/mol. The van der Waals surface area contributed by atoms with E-state index in [9.17, 15) is 19.8 Å². The zero-order valence-electron chi connectivity index (χ0n) is 9.55. The molecule has 0 spiro atoms. The monoisotopic (exact) mass is 272 g/mol. The van der Waals surface area contributed by atoms with Crippen LogP contribution in [0.2, 0.25) is 0 Å². The van der Waals surface area contributed by atoms with E-state index in [4.69, 9.17) is 15.4 Å². The van der Waals surface area contributed by atoms with Crippen LogP contribution in [0.25, 0.3) is 0 Å². The van der Waals surface area contributed by atoms with Crippen molar-refractivity contribution in [2.45, 2.75) is 24.5 Å². The molecule has 104 valence electrons. The highest BCUT2D eigenvalue weighted by atomic mass is 16.6. The van der Waals surface area contributed by atoms with Crippen molar-refractivity contribution in [2.75, 3.05) is 6.61 Å². The van der Waals surface area contributed by atoms with Crippen LogP contribution in [-0.4, -0.2) is 49.8 Å². The van der Waals surface area contributed by atoms with Crippen LogP contribution in [0.4, 0.5) is 5.82 Å². The lowest BCUT2D eigenvalue weighted by Gasteiger charge is -2.18. The summed E-state index contributed by atoms with van der Waals surface area (Å²) < 4.78 is 5.87. The molecule has 0 amide bonds. The largest absolute Gasteiger partial charge is 0.394 e. The van der Waals surface area contributed by atoms with Crippen LogP contribution in [0.5, 0.6) is 0 Å². The molecule has 0 radical (unpaired) electrons. The molecular weight excluding hydrogens is 260 g/mol. The summed E-state index contributed by atoms with van der Waals surface area (Å²) >= 11 is 0. The van der Waals surface area contributed by atoms with Gasteiger partial charge in [-0.15, -0.1) is 5.11 Å². The van der Waals surface area contributed by atoms with Gasteiger partial charge in [0.25, 0.3) is 5.56 Å². The summed E-state index contributed by atoms with van der Waals surface area (Å²) in [5.41, 5.74) is 5.23. The van der Waals surface area contributed by atoms with Gasteiger partial charge in [0.2, 0.25) is 0 Å². The third kappa shape index (κ3) is 2.21. The zero-order valence-corrected chi connectivity index (χ0v) is 9.55. The summed E-state index contributed by atoms with van der Waals surface area (Å²) in [4.78, 5) is 24.7. The first-order chi connectivity index (χ1) is 8.99. The van der Waals surface area contributed by atoms with E-state index in [0.717, 1.165) is 10.6 Å². The molecule has 0 bridgehead atoms. The van der Waals surface area contributed by atoms with Crippen molar-refractivity contribution in [3.8, 4) is 0 Å². The van der Waals surface area contributed by atoms with Gasteiger partial charge in [-0.05, 0) is 0 Å². The second kappa shape index (κ2) is 5.01. The van der Waals surface area contributed by atoms with E-state index >= 15 is 0 Å². The van der Waals surface area contributed by atoms with Crippen molar-refractivity contribution >= 4 is 5.82 Å². The quantitative estimate of drug-likeness (QED) is 0.393. The first kappa shape index (κ1) is 13.5. The molecule has 0 saturated carbocycles. The normalized spacial score (nSPS) is 30.5. The fourth-order valence-corrected chi connectivity index (χ4v) is 1.92. The highest BCUT2D eigenvalue weighted by Gasteiger charge is 2.44. The molecule has 1 fully saturated rings. The molecule has 1 aliphatic heterocycles. The summed E-state index contributed by atoms with van der Waals surface area (Å²) in [6.07, 6.45) is -5.31. The fourth-order valence-electron chi connectivity index (χ4n) is 1.92. The van der Waals surface area contributed by atoms with Gasteiger partial charge in [-0.3, -0.25) is 9.78 Å². The number of aliphatic hydroxyl groups excluding tert-OH is 3. The Hall–Kier alpha value is -1.88. The van der Waals surface area contributed by atoms with Gasteiger partial charge in [-0.1, -0.05) is 0 Å². The van der Waals surface area contributed by atoms with Crippen LogP contribution in [0.15, 0.2) is 20.8 Å². The van der Waals surface area contributed by atoms with Crippen molar-refractivity contribution in [3.05, 3.63) is 26.9 Å². The van der Waals surface area contributed by atoms with Gasteiger partial charge in [-0.25, -0.2) is 14.9 Å². The molecule has 2 rings (SSSR count). The number of aromatic nitrogens is 2. The maximum atomic E-state index is 11.7. The number of hydrogen-bond donors (Lipinski definition) is 5. The average molecular weight is 272 g/mol. The van der Waals surface area contributed by atoms with Crippen molar-refractivity contribution in [2.24, 2.45) is 5.11 Å². The smallest absolute Gasteiger partial charge is 0.332 e. The van der Waals surface area contributed by atoms with Crippen LogP contribution >= 0.6 is 0 Å². The van der Waals surface area contributed by atoms with Gasteiger partial charge in [0.1, 0.15) is 18.3 Å². The van der Waals surface area contributed by atoms with E-state index in [0.29, 0.717) is 0 Å². The van der Waals surface area contributed by atoms with Gasteiger partial charge in [0, 0.05) is 6.07 Å². The number of ether oxygens (including phenoxy) is 1. The predicted octanol–water partition coefficient (Wildman–Crippen LogP) is -2.19. The molecule has 5 N–H and O–H groups in total. The topological polar surface area (TPSA) is 161 Å². The van der Waals surface area contributed by atoms with E-state index in [1.165, 1.54) is 0 Å². The molecule has 19 heavy (non-hydrogen) atoms. The number of aliphatic hydroxyl groups is 3. The van der Waals surface area contributed by atoms with E-state index in [1.807, 2.05) is 4.98 Å². The SMILES string of the molecule is N=Nc1cc(=O)[nH]c(=O)n1[C@@H]1O[C@H](CO)[C@@H](O)[C@H]1O. The summed E-state index contributed by atoms with van der Waals surface area (Å²) in [5, 5.41) is 31.3. The number of hydrogen-bond acceptors (Lipinski definition) is 8. The second-order valence-electron chi connectivity index (χ2n) is 4.01. The highest BCUT2D eigenvalue weighted by Crippen LogP contribution is 2.30. The Kier molecular flexibility index (Phi) is 3.57. The van der Waals surface area contributed by atoms with Crippen LogP contribution in [0.3, 0.4) is 0 Å². The van der Waals surface area contributed by atoms with Crippen molar-refractivity contribution < 1.29 is 20.1 Å². The molecule has 10 nitrogen and oxygen atoms in total. The van der Waals surface area contributed by atoms with Crippen LogP contribution in [0, 0.1) is 5.53 Å². The van der Waals surface area contributed by atoms with E-state index in [1.54, 1.807) is 0 Å². The van der Waals surface area contributed by atoms with Gasteiger partial charge in [-0.2, -0.15) is 0 Å². The van der Waals surface area contributed by atoms with Crippen LogP contribution in [-0.2, 0) is 4.74 Å². The lowest BCUT2D eigenvalue weighted by Crippen LogP contribution is -2.37. The first-order valence-electron chi connectivity index (χ1n) is 5.35. The van der Waals surface area contributed by atoms with Crippen molar-refractivity contribution in [1.29, 1.82) is 5.53 Å². The van der Waals surface area contributed by atoms with Gasteiger partial charge >= 0.3 is 5.69 Å². The van der Waals surface area contributed by atoms with Crippen LogP contribution in [0.1, 0.15) is 6.23 Å². The summed E-state index contributed by atoms with van der Waals surface area (Å²) in [7, 11) is 0. The lowest BCUT2D eigenvalue weighted by molar-refractivity contribution is -0.0541. The molecule has 1 saturated heterocycles.